The lowest BCUT2D eigenvalue weighted by Gasteiger charge is -2.40. The van der Waals surface area contributed by atoms with E-state index in [-0.39, 0.29) is 12.1 Å². The summed E-state index contributed by atoms with van der Waals surface area (Å²) in [5.74, 6) is 0. The summed E-state index contributed by atoms with van der Waals surface area (Å²) in [6.07, 6.45) is -5.69. The minimum absolute atomic E-state index is 0.0486. The Balaban J connectivity index is 2.08. The quantitative estimate of drug-likeness (QED) is 0.413. The van der Waals surface area contributed by atoms with Gasteiger partial charge in [0.15, 0.2) is 0 Å². The van der Waals surface area contributed by atoms with Gasteiger partial charge in [-0.3, -0.25) is 10.1 Å². The topological polar surface area (TPSA) is 133 Å². The third-order valence-electron chi connectivity index (χ3n) is 3.58. The second kappa shape index (κ2) is 6.46. The summed E-state index contributed by atoms with van der Waals surface area (Å²) in [5.41, 5.74) is 0.623. The van der Waals surface area contributed by atoms with Crippen molar-refractivity contribution in [1.82, 2.24) is 0 Å². The zero-order valence-corrected chi connectivity index (χ0v) is 11.1. The van der Waals surface area contributed by atoms with E-state index in [0.29, 0.717) is 5.56 Å². The lowest BCUT2D eigenvalue weighted by molar-refractivity contribution is -0.384. The van der Waals surface area contributed by atoms with Crippen molar-refractivity contribution >= 4 is 5.69 Å². The summed E-state index contributed by atoms with van der Waals surface area (Å²) in [6.45, 7) is -0.484. The van der Waals surface area contributed by atoms with Gasteiger partial charge in [0.25, 0.3) is 5.69 Å². The van der Waals surface area contributed by atoms with E-state index in [4.69, 9.17) is 9.84 Å². The summed E-state index contributed by atoms with van der Waals surface area (Å²) in [4.78, 5) is 10.1. The molecule has 2 rings (SSSR count). The predicted octanol–water partition coefficient (Wildman–Crippen LogP) is -1.02. The molecule has 0 aliphatic carbocycles. The van der Waals surface area contributed by atoms with Gasteiger partial charge >= 0.3 is 0 Å². The van der Waals surface area contributed by atoms with Crippen LogP contribution in [0.5, 0.6) is 0 Å². The number of hydrogen-bond acceptors (Lipinski definition) is 7. The van der Waals surface area contributed by atoms with Crippen LogP contribution in [0.3, 0.4) is 0 Å². The molecule has 8 nitrogen and oxygen atoms in total. The SMILES string of the molecule is O=[N+]([O-])c1ccc(C[C@@H]2O[C@H](CO)[C@@H](O)[C@H](O)[C@@H]2O)cc1. The molecular formula is C13H17NO7. The van der Waals surface area contributed by atoms with Gasteiger partial charge in [-0.05, 0) is 5.56 Å². The number of aliphatic hydroxyl groups is 4. The van der Waals surface area contributed by atoms with Gasteiger partial charge in [0.1, 0.15) is 24.4 Å². The highest BCUT2D eigenvalue weighted by molar-refractivity contribution is 5.33. The second-order valence-electron chi connectivity index (χ2n) is 5.00. The largest absolute Gasteiger partial charge is 0.394 e. The van der Waals surface area contributed by atoms with Crippen LogP contribution in [0.4, 0.5) is 5.69 Å². The van der Waals surface area contributed by atoms with Crippen molar-refractivity contribution in [3.63, 3.8) is 0 Å². The summed E-state index contributed by atoms with van der Waals surface area (Å²) in [5, 5.41) is 48.9. The van der Waals surface area contributed by atoms with Gasteiger partial charge in [0.05, 0.1) is 17.6 Å². The smallest absolute Gasteiger partial charge is 0.269 e. The van der Waals surface area contributed by atoms with Gasteiger partial charge in [-0.1, -0.05) is 12.1 Å². The van der Waals surface area contributed by atoms with Crippen LogP contribution in [0.1, 0.15) is 5.56 Å². The first kappa shape index (κ1) is 15.8. The van der Waals surface area contributed by atoms with Crippen LogP contribution >= 0.6 is 0 Å². The molecule has 0 unspecified atom stereocenters. The number of non-ortho nitro benzene ring substituents is 1. The molecule has 0 aromatic heterocycles. The van der Waals surface area contributed by atoms with Crippen molar-refractivity contribution in [3.8, 4) is 0 Å². The highest BCUT2D eigenvalue weighted by Gasteiger charge is 2.43. The molecule has 8 heteroatoms. The number of nitro groups is 1. The Hall–Kier alpha value is -1.58. The average Bonchev–Trinajstić information content (AvgIpc) is 2.48. The van der Waals surface area contributed by atoms with E-state index >= 15 is 0 Å². The number of ether oxygens (including phenoxy) is 1. The Bertz CT molecular complexity index is 490. The summed E-state index contributed by atoms with van der Waals surface area (Å²) < 4.78 is 5.37. The fourth-order valence-corrected chi connectivity index (χ4v) is 2.33. The molecule has 1 aromatic rings. The zero-order valence-electron chi connectivity index (χ0n) is 11.1. The van der Waals surface area contributed by atoms with Crippen molar-refractivity contribution in [2.75, 3.05) is 6.61 Å². The molecule has 0 saturated carbocycles. The Labute approximate surface area is 120 Å². The first-order chi connectivity index (χ1) is 9.93. The number of benzene rings is 1. The fraction of sp³-hybridized carbons (Fsp3) is 0.538. The monoisotopic (exact) mass is 299 g/mol. The van der Waals surface area contributed by atoms with Gasteiger partial charge in [-0.2, -0.15) is 0 Å². The van der Waals surface area contributed by atoms with Crippen LogP contribution in [-0.2, 0) is 11.2 Å². The standard InChI is InChI=1S/C13H17NO7/c15-6-10-12(17)13(18)11(16)9(21-10)5-7-1-3-8(4-2-7)14(19)20/h1-4,9-13,15-18H,5-6H2/t9-,10+,11+,12+,13+/m0/s1. The molecule has 0 amide bonds. The van der Waals surface area contributed by atoms with Crippen molar-refractivity contribution in [1.29, 1.82) is 0 Å². The number of rotatable bonds is 4. The highest BCUT2D eigenvalue weighted by Crippen LogP contribution is 2.24. The van der Waals surface area contributed by atoms with Gasteiger partial charge < -0.3 is 25.2 Å². The number of aliphatic hydroxyl groups excluding tert-OH is 4. The minimum Gasteiger partial charge on any atom is -0.394 e. The minimum atomic E-state index is -1.42. The lowest BCUT2D eigenvalue weighted by atomic mass is 9.91. The van der Waals surface area contributed by atoms with E-state index in [1.807, 2.05) is 0 Å². The van der Waals surface area contributed by atoms with Gasteiger partial charge in [0.2, 0.25) is 0 Å². The summed E-state index contributed by atoms with van der Waals surface area (Å²) in [6, 6.07) is 5.72. The number of nitro benzene ring substituents is 1. The second-order valence-corrected chi connectivity index (χ2v) is 5.00. The molecule has 0 radical (unpaired) electrons. The first-order valence-electron chi connectivity index (χ1n) is 6.48. The Morgan fingerprint density at radius 2 is 1.62 bits per heavy atom. The molecule has 1 fully saturated rings. The molecule has 1 heterocycles. The molecule has 0 bridgehead atoms. The third kappa shape index (κ3) is 3.36. The average molecular weight is 299 g/mol. The maximum Gasteiger partial charge on any atom is 0.269 e. The lowest BCUT2D eigenvalue weighted by Crippen LogP contribution is -2.58. The Morgan fingerprint density at radius 3 is 2.14 bits per heavy atom. The van der Waals surface area contributed by atoms with Crippen LogP contribution in [0, 0.1) is 10.1 Å². The highest BCUT2D eigenvalue weighted by atomic mass is 16.6. The molecular weight excluding hydrogens is 282 g/mol. The van der Waals surface area contributed by atoms with Crippen LogP contribution in [0.15, 0.2) is 24.3 Å². The van der Waals surface area contributed by atoms with Crippen LogP contribution in [-0.4, -0.2) is 62.5 Å². The summed E-state index contributed by atoms with van der Waals surface area (Å²) in [7, 11) is 0. The van der Waals surface area contributed by atoms with Crippen molar-refractivity contribution < 1.29 is 30.1 Å². The molecule has 1 aromatic carbocycles. The zero-order chi connectivity index (χ0) is 15.6. The Kier molecular flexibility index (Phi) is 4.86. The van der Waals surface area contributed by atoms with E-state index in [1.165, 1.54) is 24.3 Å². The van der Waals surface area contributed by atoms with Crippen molar-refractivity contribution in [2.45, 2.75) is 36.9 Å². The molecule has 1 saturated heterocycles. The van der Waals surface area contributed by atoms with Gasteiger partial charge in [-0.15, -0.1) is 0 Å². The van der Waals surface area contributed by atoms with Crippen molar-refractivity contribution in [2.24, 2.45) is 0 Å². The van der Waals surface area contributed by atoms with Gasteiger partial charge in [-0.25, -0.2) is 0 Å². The Morgan fingerprint density at radius 1 is 1.05 bits per heavy atom. The van der Waals surface area contributed by atoms with Crippen molar-refractivity contribution in [3.05, 3.63) is 39.9 Å². The summed E-state index contributed by atoms with van der Waals surface area (Å²) >= 11 is 0. The number of hydrogen-bond donors (Lipinski definition) is 4. The van der Waals surface area contributed by atoms with Gasteiger partial charge in [0, 0.05) is 18.6 Å². The molecule has 116 valence electrons. The molecule has 5 atom stereocenters. The van der Waals surface area contributed by atoms with E-state index in [0.717, 1.165) is 0 Å². The third-order valence-corrected chi connectivity index (χ3v) is 3.58. The van der Waals surface area contributed by atoms with E-state index in [9.17, 15) is 25.4 Å². The normalized spacial score (nSPS) is 32.9. The first-order valence-corrected chi connectivity index (χ1v) is 6.48. The van der Waals surface area contributed by atoms with E-state index in [1.54, 1.807) is 0 Å². The molecule has 0 spiro atoms. The fourth-order valence-electron chi connectivity index (χ4n) is 2.33. The molecule has 21 heavy (non-hydrogen) atoms. The molecule has 1 aliphatic heterocycles. The van der Waals surface area contributed by atoms with Crippen LogP contribution in [0.25, 0.3) is 0 Å². The van der Waals surface area contributed by atoms with Crippen LogP contribution < -0.4 is 0 Å². The van der Waals surface area contributed by atoms with Crippen LogP contribution in [0.2, 0.25) is 0 Å². The number of nitrogens with zero attached hydrogens (tertiary/aromatic N) is 1. The molecule has 4 N–H and O–H groups in total. The maximum absolute atomic E-state index is 10.6. The maximum atomic E-state index is 10.6. The predicted molar refractivity (Wildman–Crippen MR) is 70.6 cm³/mol. The molecule has 1 aliphatic rings. The van der Waals surface area contributed by atoms with E-state index < -0.39 is 42.1 Å². The van der Waals surface area contributed by atoms with E-state index in [2.05, 4.69) is 0 Å².